The summed E-state index contributed by atoms with van der Waals surface area (Å²) in [5.74, 6) is 0.585. The Morgan fingerprint density at radius 1 is 0.969 bits per heavy atom. The summed E-state index contributed by atoms with van der Waals surface area (Å²) in [4.78, 5) is 0. The van der Waals surface area contributed by atoms with Gasteiger partial charge in [0.15, 0.2) is 0 Å². The molecule has 2 atom stereocenters. The summed E-state index contributed by atoms with van der Waals surface area (Å²) >= 11 is 0. The van der Waals surface area contributed by atoms with Crippen LogP contribution in [0, 0.1) is 19.8 Å². The molecule has 0 saturated heterocycles. The lowest BCUT2D eigenvalue weighted by molar-refractivity contribution is -0.0211. The number of β-amino-alcohol motifs (C(OH)–C–C–N with tert-alkyl or cyclic N) is 1. The number of fused-ring (bicyclic) bond motifs is 1. The van der Waals surface area contributed by atoms with E-state index in [9.17, 15) is 5.11 Å². The molecule has 32 heavy (non-hydrogen) atoms. The number of hydrogen-bond acceptors (Lipinski definition) is 3. The molecule has 3 heteroatoms. The molecule has 2 unspecified atom stereocenters. The fourth-order valence-electron chi connectivity index (χ4n) is 4.43. The fraction of sp³-hybridized carbons (Fsp3) is 0.448. The van der Waals surface area contributed by atoms with E-state index in [-0.39, 0.29) is 11.6 Å². The van der Waals surface area contributed by atoms with Gasteiger partial charge < -0.3 is 15.2 Å². The SMILES string of the molecule is Cc1ccc(C(OCC(O)CNC(C)(C)Cc2ccc3ccccc3c2)C2CC2)cc1C. The van der Waals surface area contributed by atoms with Gasteiger partial charge in [0.05, 0.1) is 18.8 Å². The third-order valence-electron chi connectivity index (χ3n) is 6.65. The van der Waals surface area contributed by atoms with Gasteiger partial charge in [-0.3, -0.25) is 0 Å². The number of hydrogen-bond donors (Lipinski definition) is 2. The lowest BCUT2D eigenvalue weighted by atomic mass is 9.93. The Kier molecular flexibility index (Phi) is 6.99. The minimum Gasteiger partial charge on any atom is -0.389 e. The number of rotatable bonds is 10. The molecule has 3 nitrogen and oxygen atoms in total. The Morgan fingerprint density at radius 3 is 2.44 bits per heavy atom. The van der Waals surface area contributed by atoms with Crippen LogP contribution in [0.25, 0.3) is 10.8 Å². The zero-order valence-electron chi connectivity index (χ0n) is 19.9. The second kappa shape index (κ2) is 9.74. The number of aliphatic hydroxyl groups is 1. The summed E-state index contributed by atoms with van der Waals surface area (Å²) in [5.41, 5.74) is 5.03. The first-order valence-electron chi connectivity index (χ1n) is 11.9. The van der Waals surface area contributed by atoms with E-state index >= 15 is 0 Å². The van der Waals surface area contributed by atoms with Crippen LogP contribution in [0.5, 0.6) is 0 Å². The lowest BCUT2D eigenvalue weighted by Gasteiger charge is -2.29. The van der Waals surface area contributed by atoms with Gasteiger partial charge in [-0.25, -0.2) is 0 Å². The Hall–Kier alpha value is -2.20. The van der Waals surface area contributed by atoms with Gasteiger partial charge in [0.2, 0.25) is 0 Å². The molecule has 2 N–H and O–H groups in total. The molecule has 0 amide bonds. The maximum absolute atomic E-state index is 10.6. The van der Waals surface area contributed by atoms with Crippen LogP contribution in [0.4, 0.5) is 0 Å². The maximum atomic E-state index is 10.6. The van der Waals surface area contributed by atoms with E-state index in [1.165, 1.54) is 45.9 Å². The van der Waals surface area contributed by atoms with Gasteiger partial charge in [0.25, 0.3) is 0 Å². The largest absolute Gasteiger partial charge is 0.389 e. The van der Waals surface area contributed by atoms with Crippen molar-refractivity contribution in [2.24, 2.45) is 5.92 Å². The van der Waals surface area contributed by atoms with E-state index < -0.39 is 6.10 Å². The minimum absolute atomic E-state index is 0.0922. The molecule has 0 bridgehead atoms. The van der Waals surface area contributed by atoms with Crippen molar-refractivity contribution in [3.63, 3.8) is 0 Å². The first kappa shape index (κ1) is 23.0. The molecule has 0 spiro atoms. The Labute approximate surface area is 192 Å². The topological polar surface area (TPSA) is 41.5 Å². The average molecular weight is 432 g/mol. The summed E-state index contributed by atoms with van der Waals surface area (Å²) in [6, 6.07) is 21.7. The van der Waals surface area contributed by atoms with Crippen LogP contribution in [-0.4, -0.2) is 29.9 Å². The number of aryl methyl sites for hydroxylation is 2. The average Bonchev–Trinajstić information content (AvgIpc) is 3.60. The van der Waals surface area contributed by atoms with Crippen molar-refractivity contribution >= 4 is 10.8 Å². The van der Waals surface area contributed by atoms with E-state index in [1.807, 2.05) is 0 Å². The van der Waals surface area contributed by atoms with Crippen LogP contribution in [0.2, 0.25) is 0 Å². The van der Waals surface area contributed by atoms with Crippen LogP contribution in [0.1, 0.15) is 55.0 Å². The summed E-state index contributed by atoms with van der Waals surface area (Å²) in [5, 5.41) is 16.7. The molecule has 170 valence electrons. The third-order valence-corrected chi connectivity index (χ3v) is 6.65. The van der Waals surface area contributed by atoms with Crippen LogP contribution in [0.15, 0.2) is 60.7 Å². The van der Waals surface area contributed by atoms with Crippen LogP contribution in [0.3, 0.4) is 0 Å². The lowest BCUT2D eigenvalue weighted by Crippen LogP contribution is -2.46. The van der Waals surface area contributed by atoms with E-state index in [4.69, 9.17) is 4.74 Å². The first-order valence-corrected chi connectivity index (χ1v) is 11.9. The predicted octanol–water partition coefficient (Wildman–Crippen LogP) is 5.90. The summed E-state index contributed by atoms with van der Waals surface area (Å²) < 4.78 is 6.25. The van der Waals surface area contributed by atoms with Gasteiger partial charge in [-0.15, -0.1) is 0 Å². The first-order chi connectivity index (χ1) is 15.3. The highest BCUT2D eigenvalue weighted by atomic mass is 16.5. The smallest absolute Gasteiger partial charge is 0.0898 e. The van der Waals surface area contributed by atoms with Gasteiger partial charge in [-0.1, -0.05) is 60.7 Å². The van der Waals surface area contributed by atoms with E-state index in [2.05, 4.69) is 93.7 Å². The van der Waals surface area contributed by atoms with E-state index in [0.29, 0.717) is 19.1 Å². The van der Waals surface area contributed by atoms with Crippen molar-refractivity contribution in [2.75, 3.05) is 13.2 Å². The molecule has 3 aromatic carbocycles. The van der Waals surface area contributed by atoms with Gasteiger partial charge in [0.1, 0.15) is 0 Å². The van der Waals surface area contributed by atoms with Gasteiger partial charge in [-0.05, 0) is 85.9 Å². The molecule has 1 aliphatic carbocycles. The predicted molar refractivity (Wildman–Crippen MR) is 133 cm³/mol. The van der Waals surface area contributed by atoms with Crippen molar-refractivity contribution in [1.29, 1.82) is 0 Å². The molecule has 1 aliphatic rings. The zero-order valence-corrected chi connectivity index (χ0v) is 19.9. The van der Waals surface area contributed by atoms with Crippen molar-refractivity contribution in [3.8, 4) is 0 Å². The number of nitrogens with one attached hydrogen (secondary N) is 1. The Morgan fingerprint density at radius 2 is 1.72 bits per heavy atom. The monoisotopic (exact) mass is 431 g/mol. The molecule has 0 aromatic heterocycles. The second-order valence-electron chi connectivity index (χ2n) is 10.2. The normalized spacial score (nSPS) is 16.3. The molecule has 1 saturated carbocycles. The highest BCUT2D eigenvalue weighted by Crippen LogP contribution is 2.43. The molecule has 4 rings (SSSR count). The molecular formula is C29H37NO2. The molecule has 3 aromatic rings. The van der Waals surface area contributed by atoms with Crippen molar-refractivity contribution in [3.05, 3.63) is 82.9 Å². The highest BCUT2D eigenvalue weighted by molar-refractivity contribution is 5.83. The van der Waals surface area contributed by atoms with E-state index in [1.54, 1.807) is 0 Å². The van der Waals surface area contributed by atoms with Gasteiger partial charge >= 0.3 is 0 Å². The summed E-state index contributed by atoms with van der Waals surface area (Å²) in [7, 11) is 0. The molecule has 0 aliphatic heterocycles. The minimum atomic E-state index is -0.529. The molecular weight excluding hydrogens is 394 g/mol. The quantitative estimate of drug-likeness (QED) is 0.420. The second-order valence-corrected chi connectivity index (χ2v) is 10.2. The summed E-state index contributed by atoms with van der Waals surface area (Å²) in [6.07, 6.45) is 2.89. The Bertz CT molecular complexity index is 1050. The van der Waals surface area contributed by atoms with Crippen LogP contribution in [-0.2, 0) is 11.2 Å². The number of benzene rings is 3. The van der Waals surface area contributed by atoms with Crippen molar-refractivity contribution in [2.45, 2.75) is 64.7 Å². The Balaban J connectivity index is 1.29. The number of aliphatic hydroxyl groups excluding tert-OH is 1. The third kappa shape index (κ3) is 5.98. The number of ether oxygens (including phenoxy) is 1. The molecule has 0 radical (unpaired) electrons. The highest BCUT2D eigenvalue weighted by Gasteiger charge is 2.33. The van der Waals surface area contributed by atoms with Crippen LogP contribution >= 0.6 is 0 Å². The summed E-state index contributed by atoms with van der Waals surface area (Å²) in [6.45, 7) is 9.55. The zero-order chi connectivity index (χ0) is 22.7. The maximum Gasteiger partial charge on any atom is 0.0898 e. The van der Waals surface area contributed by atoms with Gasteiger partial charge in [-0.2, -0.15) is 0 Å². The van der Waals surface area contributed by atoms with E-state index in [0.717, 1.165) is 6.42 Å². The molecule has 0 heterocycles. The van der Waals surface area contributed by atoms with Crippen molar-refractivity contribution in [1.82, 2.24) is 5.32 Å². The van der Waals surface area contributed by atoms with Gasteiger partial charge in [0, 0.05) is 12.1 Å². The van der Waals surface area contributed by atoms with Crippen LogP contribution < -0.4 is 5.32 Å². The standard InChI is InChI=1S/C29H37NO2/c1-20-9-11-26(15-21(20)2)28(24-13-14-24)32-19-27(31)18-30-29(3,4)17-22-10-12-23-7-5-6-8-25(23)16-22/h5-12,15-16,24,27-28,30-31H,13-14,17-19H2,1-4H3. The fourth-order valence-corrected chi connectivity index (χ4v) is 4.43. The molecule has 1 fully saturated rings. The van der Waals surface area contributed by atoms with Crippen molar-refractivity contribution < 1.29 is 9.84 Å².